The highest BCUT2D eigenvalue weighted by atomic mass is 35.5. The van der Waals surface area contributed by atoms with Gasteiger partial charge < -0.3 is 5.73 Å². The van der Waals surface area contributed by atoms with Gasteiger partial charge in [-0.3, -0.25) is 4.90 Å². The summed E-state index contributed by atoms with van der Waals surface area (Å²) in [6.07, 6.45) is 0. The Balaban J connectivity index is 0.00000128. The van der Waals surface area contributed by atoms with Gasteiger partial charge in [-0.1, -0.05) is 30.3 Å². The Morgan fingerprint density at radius 1 is 1.24 bits per heavy atom. The van der Waals surface area contributed by atoms with Crippen molar-refractivity contribution in [1.82, 2.24) is 4.90 Å². The molecule has 1 aliphatic heterocycles. The highest BCUT2D eigenvalue weighted by molar-refractivity contribution is 5.85. The Labute approximate surface area is 112 Å². The Bertz CT molecular complexity index is 336. The van der Waals surface area contributed by atoms with Gasteiger partial charge in [-0.05, 0) is 5.56 Å². The summed E-state index contributed by atoms with van der Waals surface area (Å²) in [6.45, 7) is 0.578. The lowest BCUT2D eigenvalue weighted by atomic mass is 10.2. The predicted octanol–water partition coefficient (Wildman–Crippen LogP) is 2.31. The zero-order valence-corrected chi connectivity index (χ0v) is 10.8. The maximum atomic E-state index is 13.1. The average molecular weight is 285 g/mol. The normalized spacial score (nSPS) is 22.6. The summed E-state index contributed by atoms with van der Waals surface area (Å²) < 4.78 is 26.2. The summed E-state index contributed by atoms with van der Waals surface area (Å²) >= 11 is 0. The van der Waals surface area contributed by atoms with Crippen molar-refractivity contribution in [2.45, 2.75) is 18.5 Å². The van der Waals surface area contributed by atoms with Crippen molar-refractivity contribution in [3.8, 4) is 0 Å². The molecule has 0 unspecified atom stereocenters. The van der Waals surface area contributed by atoms with E-state index in [-0.39, 0.29) is 37.9 Å². The van der Waals surface area contributed by atoms with E-state index in [2.05, 4.69) is 0 Å². The molecule has 0 bridgehead atoms. The lowest BCUT2D eigenvalue weighted by molar-refractivity contribution is -0.00140. The van der Waals surface area contributed by atoms with E-state index in [1.54, 1.807) is 4.90 Å². The van der Waals surface area contributed by atoms with Crippen molar-refractivity contribution in [1.29, 1.82) is 0 Å². The molecule has 0 saturated carbocycles. The van der Waals surface area contributed by atoms with Gasteiger partial charge in [-0.25, -0.2) is 8.78 Å². The number of likely N-dealkylation sites (tertiary alicyclic amines) is 1. The lowest BCUT2D eigenvalue weighted by Crippen LogP contribution is -2.38. The minimum atomic E-state index is -2.74. The summed E-state index contributed by atoms with van der Waals surface area (Å²) in [7, 11) is 0. The first-order valence-corrected chi connectivity index (χ1v) is 4.97. The largest absolute Gasteiger partial charge is 0.322 e. The van der Waals surface area contributed by atoms with E-state index in [0.29, 0.717) is 6.54 Å². The van der Waals surface area contributed by atoms with Crippen LogP contribution in [0.15, 0.2) is 30.3 Å². The molecule has 0 radical (unpaired) electrons. The molecular weight excluding hydrogens is 269 g/mol. The molecule has 0 aromatic heterocycles. The molecule has 0 spiro atoms. The van der Waals surface area contributed by atoms with Gasteiger partial charge in [0.15, 0.2) is 0 Å². The molecule has 98 valence electrons. The molecule has 0 aliphatic carbocycles. The van der Waals surface area contributed by atoms with Crippen LogP contribution in [-0.2, 0) is 6.54 Å². The number of rotatable bonds is 2. The molecule has 0 amide bonds. The van der Waals surface area contributed by atoms with E-state index in [9.17, 15) is 8.78 Å². The molecule has 2 rings (SSSR count). The van der Waals surface area contributed by atoms with Gasteiger partial charge in [0.1, 0.15) is 0 Å². The second-order valence-corrected chi connectivity index (χ2v) is 4.02. The van der Waals surface area contributed by atoms with Crippen LogP contribution >= 0.6 is 24.8 Å². The summed E-state index contributed by atoms with van der Waals surface area (Å²) in [5, 5.41) is 0. The summed E-state index contributed by atoms with van der Waals surface area (Å²) in [4.78, 5) is 1.69. The number of hydrogen-bond donors (Lipinski definition) is 1. The molecule has 1 aromatic rings. The van der Waals surface area contributed by atoms with E-state index in [4.69, 9.17) is 5.73 Å². The van der Waals surface area contributed by atoms with Gasteiger partial charge in [-0.2, -0.15) is 0 Å². The van der Waals surface area contributed by atoms with Gasteiger partial charge in [0.25, 0.3) is 5.92 Å². The molecule has 17 heavy (non-hydrogen) atoms. The van der Waals surface area contributed by atoms with Crippen LogP contribution in [0, 0.1) is 0 Å². The third kappa shape index (κ3) is 4.07. The minimum Gasteiger partial charge on any atom is -0.322 e. The number of nitrogens with two attached hydrogens (primary N) is 1. The third-order valence-electron chi connectivity index (χ3n) is 2.68. The molecular formula is C11H16Cl2F2N2. The maximum Gasteiger partial charge on any atom is 0.276 e. The molecule has 2 nitrogen and oxygen atoms in total. The number of nitrogens with zero attached hydrogens (tertiary/aromatic N) is 1. The van der Waals surface area contributed by atoms with Gasteiger partial charge >= 0.3 is 0 Å². The molecule has 1 aromatic carbocycles. The first-order chi connectivity index (χ1) is 7.08. The fourth-order valence-electron chi connectivity index (χ4n) is 1.85. The first kappa shape index (κ1) is 16.6. The molecule has 6 heteroatoms. The van der Waals surface area contributed by atoms with E-state index in [0.717, 1.165) is 5.56 Å². The average Bonchev–Trinajstić information content (AvgIpc) is 2.42. The van der Waals surface area contributed by atoms with Crippen molar-refractivity contribution in [3.63, 3.8) is 0 Å². The highest BCUT2D eigenvalue weighted by Gasteiger charge is 2.45. The number of hydrogen-bond acceptors (Lipinski definition) is 2. The first-order valence-electron chi connectivity index (χ1n) is 4.97. The summed E-state index contributed by atoms with van der Waals surface area (Å²) in [5.41, 5.74) is 6.41. The van der Waals surface area contributed by atoms with Crippen molar-refractivity contribution in [2.24, 2.45) is 5.73 Å². The minimum absolute atomic E-state index is 0. The molecule has 2 N–H and O–H groups in total. The summed E-state index contributed by atoms with van der Waals surface area (Å²) in [5.74, 6) is -2.74. The van der Waals surface area contributed by atoms with Crippen LogP contribution < -0.4 is 5.73 Å². The maximum absolute atomic E-state index is 13.1. The molecule has 1 atom stereocenters. The van der Waals surface area contributed by atoms with Crippen LogP contribution in [0.25, 0.3) is 0 Å². The molecule has 1 fully saturated rings. The SMILES string of the molecule is Cl.Cl.N[C@@H]1CN(Cc2ccccc2)CC1(F)F. The third-order valence-corrected chi connectivity index (χ3v) is 2.68. The second kappa shape index (κ2) is 6.50. The number of benzene rings is 1. The summed E-state index contributed by atoms with van der Waals surface area (Å²) in [6, 6.07) is 8.56. The fraction of sp³-hybridized carbons (Fsp3) is 0.455. The Morgan fingerprint density at radius 2 is 1.82 bits per heavy atom. The van der Waals surface area contributed by atoms with Gasteiger partial charge in [-0.15, -0.1) is 24.8 Å². The van der Waals surface area contributed by atoms with Crippen molar-refractivity contribution < 1.29 is 8.78 Å². The quantitative estimate of drug-likeness (QED) is 0.903. The molecule has 1 saturated heterocycles. The van der Waals surface area contributed by atoms with Crippen LogP contribution in [0.1, 0.15) is 5.56 Å². The van der Waals surface area contributed by atoms with Crippen LogP contribution in [0.5, 0.6) is 0 Å². The van der Waals surface area contributed by atoms with Crippen LogP contribution in [0.2, 0.25) is 0 Å². The number of alkyl halides is 2. The monoisotopic (exact) mass is 284 g/mol. The lowest BCUT2D eigenvalue weighted by Gasteiger charge is -2.14. The van der Waals surface area contributed by atoms with Gasteiger partial charge in [0, 0.05) is 13.1 Å². The zero-order valence-electron chi connectivity index (χ0n) is 9.18. The fourth-order valence-corrected chi connectivity index (χ4v) is 1.85. The smallest absolute Gasteiger partial charge is 0.276 e. The van der Waals surface area contributed by atoms with Crippen molar-refractivity contribution >= 4 is 24.8 Å². The Hall–Kier alpha value is -0.420. The van der Waals surface area contributed by atoms with E-state index < -0.39 is 12.0 Å². The van der Waals surface area contributed by atoms with Crippen molar-refractivity contribution in [3.05, 3.63) is 35.9 Å². The van der Waals surface area contributed by atoms with E-state index >= 15 is 0 Å². The van der Waals surface area contributed by atoms with Crippen LogP contribution in [0.4, 0.5) is 8.78 Å². The standard InChI is InChI=1S/C11H14F2N2.2ClH/c12-11(13)8-15(7-10(11)14)6-9-4-2-1-3-5-9;;/h1-5,10H,6-8,14H2;2*1H/t10-;;/m1../s1. The van der Waals surface area contributed by atoms with E-state index in [1.165, 1.54) is 0 Å². The van der Waals surface area contributed by atoms with Gasteiger partial charge in [0.2, 0.25) is 0 Å². The predicted molar refractivity (Wildman–Crippen MR) is 69.1 cm³/mol. The van der Waals surface area contributed by atoms with Gasteiger partial charge in [0.05, 0.1) is 12.6 Å². The molecule has 1 heterocycles. The zero-order chi connectivity index (χ0) is 10.9. The second-order valence-electron chi connectivity index (χ2n) is 4.02. The topological polar surface area (TPSA) is 29.3 Å². The van der Waals surface area contributed by atoms with Crippen molar-refractivity contribution in [2.75, 3.05) is 13.1 Å². The highest BCUT2D eigenvalue weighted by Crippen LogP contribution is 2.27. The number of halogens is 4. The van der Waals surface area contributed by atoms with Crippen LogP contribution in [0.3, 0.4) is 0 Å². The van der Waals surface area contributed by atoms with E-state index in [1.807, 2.05) is 30.3 Å². The van der Waals surface area contributed by atoms with Crippen LogP contribution in [-0.4, -0.2) is 30.0 Å². The molecule has 1 aliphatic rings. The Kier molecular flexibility index (Phi) is 6.34. The Morgan fingerprint density at radius 3 is 2.29 bits per heavy atom.